The van der Waals surface area contributed by atoms with E-state index in [2.05, 4.69) is 24.2 Å². The van der Waals surface area contributed by atoms with E-state index in [0.717, 1.165) is 12.1 Å². The largest absolute Gasteiger partial charge is 0.479 e. The number of halogens is 5. The molecule has 152 valence electrons. The smallest absolute Gasteiger partial charge is 0.341 e. The lowest BCUT2D eigenvalue weighted by Crippen LogP contribution is -2.07. The molecular formula is C16H13Cl3F2N2O5. The number of hydrogen-bond donors (Lipinski definition) is 0. The van der Waals surface area contributed by atoms with Gasteiger partial charge in [-0.15, -0.1) is 0 Å². The molecule has 2 rings (SSSR count). The van der Waals surface area contributed by atoms with Crippen molar-refractivity contribution in [3.05, 3.63) is 50.4 Å². The Kier molecular flexibility index (Phi) is 9.30. The molecule has 0 spiro atoms. The van der Waals surface area contributed by atoms with Crippen molar-refractivity contribution < 1.29 is 32.6 Å². The Bertz CT molecular complexity index is 884. The Balaban J connectivity index is 0.000000280. The summed E-state index contributed by atoms with van der Waals surface area (Å²) in [6, 6.07) is 1.82. The molecule has 28 heavy (non-hydrogen) atoms. The first-order chi connectivity index (χ1) is 13.2. The van der Waals surface area contributed by atoms with Gasteiger partial charge in [0.15, 0.2) is 16.8 Å². The molecule has 0 N–H and O–H groups in total. The predicted molar refractivity (Wildman–Crippen MR) is 97.3 cm³/mol. The van der Waals surface area contributed by atoms with Crippen LogP contribution in [0.15, 0.2) is 12.1 Å². The number of ether oxygens (including phenoxy) is 3. The molecule has 0 bridgehead atoms. The average Bonchev–Trinajstić information content (AvgIpc) is 2.66. The minimum atomic E-state index is -0.806. The van der Waals surface area contributed by atoms with Gasteiger partial charge in [0, 0.05) is 0 Å². The third kappa shape index (κ3) is 6.15. The van der Waals surface area contributed by atoms with Crippen molar-refractivity contribution in [1.29, 1.82) is 0 Å². The van der Waals surface area contributed by atoms with E-state index in [0.29, 0.717) is 0 Å². The van der Waals surface area contributed by atoms with E-state index in [1.807, 2.05) is 0 Å². The van der Waals surface area contributed by atoms with Gasteiger partial charge in [-0.05, 0) is 19.1 Å². The second kappa shape index (κ2) is 10.9. The van der Waals surface area contributed by atoms with Crippen LogP contribution >= 0.6 is 34.8 Å². The molecule has 0 amide bonds. The zero-order valence-electron chi connectivity index (χ0n) is 14.7. The molecule has 0 aromatic carbocycles. The summed E-state index contributed by atoms with van der Waals surface area (Å²) in [5, 5.41) is -0.701. The van der Waals surface area contributed by atoms with Gasteiger partial charge in [0.1, 0.15) is 15.9 Å². The van der Waals surface area contributed by atoms with Crippen LogP contribution in [-0.4, -0.2) is 42.7 Å². The number of aromatic nitrogens is 2. The van der Waals surface area contributed by atoms with Crippen molar-refractivity contribution in [3.63, 3.8) is 0 Å². The summed E-state index contributed by atoms with van der Waals surface area (Å²) in [7, 11) is 2.42. The van der Waals surface area contributed by atoms with Crippen LogP contribution in [-0.2, 0) is 9.47 Å². The third-order valence-corrected chi connectivity index (χ3v) is 3.72. The average molecular weight is 458 g/mol. The Labute approximate surface area is 173 Å². The minimum Gasteiger partial charge on any atom is -0.479 e. The molecule has 0 fully saturated rings. The van der Waals surface area contributed by atoms with Gasteiger partial charge in [0.25, 0.3) is 5.88 Å². The molecule has 0 saturated carbocycles. The van der Waals surface area contributed by atoms with Gasteiger partial charge in [-0.1, -0.05) is 34.8 Å². The van der Waals surface area contributed by atoms with Gasteiger partial charge < -0.3 is 14.2 Å². The van der Waals surface area contributed by atoms with Crippen molar-refractivity contribution in [2.75, 3.05) is 20.8 Å². The maximum Gasteiger partial charge on any atom is 0.341 e. The number of pyridine rings is 2. The molecule has 2 heterocycles. The molecule has 0 radical (unpaired) electrons. The second-order valence-corrected chi connectivity index (χ2v) is 5.70. The number of carbonyl (C=O) groups is 2. The number of nitrogens with zero attached hydrogens (tertiary/aromatic N) is 2. The van der Waals surface area contributed by atoms with Crippen molar-refractivity contribution in [2.45, 2.75) is 6.92 Å². The van der Waals surface area contributed by atoms with Crippen LogP contribution in [0.4, 0.5) is 8.78 Å². The highest BCUT2D eigenvalue weighted by molar-refractivity contribution is 6.34. The molecule has 0 unspecified atom stereocenters. The topological polar surface area (TPSA) is 87.6 Å². The van der Waals surface area contributed by atoms with Crippen LogP contribution in [0, 0.1) is 11.6 Å². The van der Waals surface area contributed by atoms with Crippen LogP contribution in [0.5, 0.6) is 5.88 Å². The third-order valence-electron chi connectivity index (χ3n) is 2.88. The Hall–Kier alpha value is -2.23. The molecular weight excluding hydrogens is 445 g/mol. The van der Waals surface area contributed by atoms with E-state index >= 15 is 0 Å². The number of esters is 2. The van der Waals surface area contributed by atoms with Gasteiger partial charge in [0.05, 0.1) is 26.4 Å². The van der Waals surface area contributed by atoms with E-state index in [1.54, 1.807) is 6.92 Å². The zero-order valence-corrected chi connectivity index (χ0v) is 17.0. The molecule has 2 aromatic heterocycles. The van der Waals surface area contributed by atoms with Crippen LogP contribution < -0.4 is 4.74 Å². The summed E-state index contributed by atoms with van der Waals surface area (Å²) in [5.41, 5.74) is -0.261. The van der Waals surface area contributed by atoms with Crippen LogP contribution in [0.25, 0.3) is 0 Å². The fourth-order valence-electron chi connectivity index (χ4n) is 1.64. The fourth-order valence-corrected chi connectivity index (χ4v) is 2.25. The summed E-state index contributed by atoms with van der Waals surface area (Å²) in [4.78, 5) is 29.2. The first kappa shape index (κ1) is 23.8. The van der Waals surface area contributed by atoms with Gasteiger partial charge in [-0.25, -0.2) is 23.4 Å². The first-order valence-electron chi connectivity index (χ1n) is 7.33. The zero-order chi connectivity index (χ0) is 21.4. The SMILES string of the molecule is CCOC(=O)c1cc(F)c(Cl)nc1Cl.COC(=O)c1cc(F)c(OC)nc1Cl. The molecule has 0 atom stereocenters. The molecule has 7 nitrogen and oxygen atoms in total. The van der Waals surface area contributed by atoms with Crippen molar-refractivity contribution in [1.82, 2.24) is 9.97 Å². The molecule has 0 aliphatic rings. The monoisotopic (exact) mass is 456 g/mol. The first-order valence-corrected chi connectivity index (χ1v) is 8.46. The van der Waals surface area contributed by atoms with Crippen LogP contribution in [0.3, 0.4) is 0 Å². The summed E-state index contributed by atoms with van der Waals surface area (Å²) in [5.74, 6) is -3.30. The predicted octanol–water partition coefficient (Wildman–Crippen LogP) is 4.37. The maximum absolute atomic E-state index is 13.1. The molecule has 2 aromatic rings. The molecule has 12 heteroatoms. The van der Waals surface area contributed by atoms with E-state index < -0.39 is 23.6 Å². The van der Waals surface area contributed by atoms with E-state index in [1.165, 1.54) is 14.2 Å². The van der Waals surface area contributed by atoms with Gasteiger partial charge in [0.2, 0.25) is 0 Å². The Morgan fingerprint density at radius 2 is 1.46 bits per heavy atom. The number of carbonyl (C=O) groups excluding carboxylic acids is 2. The van der Waals surface area contributed by atoms with Crippen LogP contribution in [0.1, 0.15) is 27.6 Å². The van der Waals surface area contributed by atoms with Crippen molar-refractivity contribution >= 4 is 46.7 Å². The molecule has 0 saturated heterocycles. The Morgan fingerprint density at radius 3 is 2.00 bits per heavy atom. The fraction of sp³-hybridized carbons (Fsp3) is 0.250. The van der Waals surface area contributed by atoms with Crippen LogP contribution in [0.2, 0.25) is 15.5 Å². The van der Waals surface area contributed by atoms with Gasteiger partial charge in [-0.3, -0.25) is 0 Å². The summed E-state index contributed by atoms with van der Waals surface area (Å²) in [6.07, 6.45) is 0. The molecule has 0 aliphatic carbocycles. The lowest BCUT2D eigenvalue weighted by molar-refractivity contribution is 0.0524. The highest BCUT2D eigenvalue weighted by Crippen LogP contribution is 2.22. The Morgan fingerprint density at radius 1 is 0.929 bits per heavy atom. The highest BCUT2D eigenvalue weighted by Gasteiger charge is 2.17. The summed E-state index contributed by atoms with van der Waals surface area (Å²) >= 11 is 16.5. The standard InChI is InChI=1S/C8H6Cl2FNO2.C8H7ClFNO3/c1-2-14-8(13)4-3-5(11)7(10)12-6(4)9;1-13-7-5(10)3-4(6(9)11-7)8(12)14-2/h3H,2H2,1H3;3H,1-2H3. The number of hydrogen-bond acceptors (Lipinski definition) is 7. The lowest BCUT2D eigenvalue weighted by Gasteiger charge is -2.04. The summed E-state index contributed by atoms with van der Waals surface area (Å²) in [6.45, 7) is 1.81. The quantitative estimate of drug-likeness (QED) is 0.497. The van der Waals surface area contributed by atoms with Gasteiger partial charge in [-0.2, -0.15) is 4.98 Å². The lowest BCUT2D eigenvalue weighted by atomic mass is 10.3. The highest BCUT2D eigenvalue weighted by atomic mass is 35.5. The summed E-state index contributed by atoms with van der Waals surface area (Å²) < 4.78 is 39.5. The number of methoxy groups -OCH3 is 2. The van der Waals surface area contributed by atoms with Gasteiger partial charge >= 0.3 is 11.9 Å². The minimum absolute atomic E-state index is 0.129. The van der Waals surface area contributed by atoms with Crippen molar-refractivity contribution in [3.8, 4) is 5.88 Å². The molecule has 0 aliphatic heterocycles. The maximum atomic E-state index is 13.1. The van der Waals surface area contributed by atoms with E-state index in [9.17, 15) is 18.4 Å². The van der Waals surface area contributed by atoms with Crippen molar-refractivity contribution in [2.24, 2.45) is 0 Å². The van der Waals surface area contributed by atoms with E-state index in [4.69, 9.17) is 34.8 Å². The second-order valence-electron chi connectivity index (χ2n) is 4.63. The number of rotatable bonds is 4. The van der Waals surface area contributed by atoms with E-state index in [-0.39, 0.29) is 39.1 Å². The normalized spacial score (nSPS) is 9.86.